The summed E-state index contributed by atoms with van der Waals surface area (Å²) in [6.45, 7) is 5.81. The number of nitrogens with zero attached hydrogens (tertiary/aromatic N) is 1. The van der Waals surface area contributed by atoms with E-state index in [9.17, 15) is 4.79 Å². The van der Waals surface area contributed by atoms with E-state index in [1.165, 1.54) is 12.8 Å². The summed E-state index contributed by atoms with van der Waals surface area (Å²) >= 11 is 0. The highest BCUT2D eigenvalue weighted by molar-refractivity contribution is 5.83. The van der Waals surface area contributed by atoms with E-state index >= 15 is 0 Å². The van der Waals surface area contributed by atoms with Gasteiger partial charge in [0.2, 0.25) is 5.91 Å². The zero-order valence-electron chi connectivity index (χ0n) is 13.1. The van der Waals surface area contributed by atoms with Crippen LogP contribution in [0.1, 0.15) is 31.4 Å². The lowest BCUT2D eigenvalue weighted by Crippen LogP contribution is -2.43. The molecule has 0 aromatic heterocycles. The molecule has 0 aliphatic carbocycles. The van der Waals surface area contributed by atoms with Gasteiger partial charge in [0.05, 0.1) is 0 Å². The molecule has 2 N–H and O–H groups in total. The normalized spacial score (nSPS) is 20.2. The first kappa shape index (κ1) is 16.0. The van der Waals surface area contributed by atoms with Crippen molar-refractivity contribution in [2.45, 2.75) is 25.8 Å². The van der Waals surface area contributed by atoms with Crippen LogP contribution in [0.5, 0.6) is 0 Å². The van der Waals surface area contributed by atoms with Crippen molar-refractivity contribution in [3.05, 3.63) is 35.9 Å². The van der Waals surface area contributed by atoms with Crippen LogP contribution in [0, 0.1) is 5.92 Å². The fourth-order valence-corrected chi connectivity index (χ4v) is 2.86. The number of likely N-dealkylation sites (N-methyl/N-ethyl adjacent to an activating group) is 1. The molecule has 1 aliphatic rings. The lowest BCUT2D eigenvalue weighted by Gasteiger charge is -2.28. The Morgan fingerprint density at radius 1 is 1.43 bits per heavy atom. The van der Waals surface area contributed by atoms with Crippen molar-refractivity contribution in [2.24, 2.45) is 5.92 Å². The third kappa shape index (κ3) is 4.55. The quantitative estimate of drug-likeness (QED) is 0.839. The van der Waals surface area contributed by atoms with Gasteiger partial charge in [-0.05, 0) is 51.0 Å². The molecule has 1 heterocycles. The summed E-state index contributed by atoms with van der Waals surface area (Å²) in [5.41, 5.74) is 1.06. The molecule has 4 heteroatoms. The maximum absolute atomic E-state index is 12.6. The fourth-order valence-electron chi connectivity index (χ4n) is 2.86. The van der Waals surface area contributed by atoms with Gasteiger partial charge in [-0.25, -0.2) is 0 Å². The van der Waals surface area contributed by atoms with Crippen molar-refractivity contribution in [3.63, 3.8) is 0 Å². The molecule has 1 saturated heterocycles. The summed E-state index contributed by atoms with van der Waals surface area (Å²) in [5.74, 6) is 0.669. The number of amides is 1. The first-order valence-electron chi connectivity index (χ1n) is 7.96. The summed E-state index contributed by atoms with van der Waals surface area (Å²) in [7, 11) is 2.00. The van der Waals surface area contributed by atoms with Crippen LogP contribution >= 0.6 is 0 Å². The van der Waals surface area contributed by atoms with Crippen LogP contribution in [0.25, 0.3) is 0 Å². The van der Waals surface area contributed by atoms with Crippen molar-refractivity contribution < 1.29 is 4.79 Å². The molecule has 2 rings (SSSR count). The Kier molecular flexibility index (Phi) is 6.21. The Balaban J connectivity index is 1.97. The molecule has 0 bridgehead atoms. The minimum atomic E-state index is -0.201. The molecule has 0 spiro atoms. The summed E-state index contributed by atoms with van der Waals surface area (Å²) in [6.07, 6.45) is 2.41. The highest BCUT2D eigenvalue weighted by Crippen LogP contribution is 2.19. The molecule has 21 heavy (non-hydrogen) atoms. The number of hydrogen-bond donors (Lipinski definition) is 2. The Bertz CT molecular complexity index is 429. The number of piperidine rings is 1. The molecule has 1 fully saturated rings. The SMILES string of the molecule is CCN(C)C(C(=O)NCC1CCCNC1)c1ccccc1. The van der Waals surface area contributed by atoms with Gasteiger partial charge in [0.1, 0.15) is 6.04 Å². The molecular weight excluding hydrogens is 262 g/mol. The Morgan fingerprint density at radius 3 is 2.81 bits per heavy atom. The van der Waals surface area contributed by atoms with E-state index in [0.29, 0.717) is 5.92 Å². The van der Waals surface area contributed by atoms with Gasteiger partial charge in [-0.3, -0.25) is 9.69 Å². The highest BCUT2D eigenvalue weighted by Gasteiger charge is 2.24. The van der Waals surface area contributed by atoms with Crippen LogP contribution in [0.2, 0.25) is 0 Å². The van der Waals surface area contributed by atoms with Gasteiger partial charge in [0.25, 0.3) is 0 Å². The second kappa shape index (κ2) is 8.15. The molecule has 116 valence electrons. The number of rotatable bonds is 6. The molecule has 2 unspecified atom stereocenters. The van der Waals surface area contributed by atoms with Crippen molar-refractivity contribution in [2.75, 3.05) is 33.2 Å². The molecule has 0 radical (unpaired) electrons. The number of carbonyl (C=O) groups is 1. The smallest absolute Gasteiger partial charge is 0.241 e. The van der Waals surface area contributed by atoms with Crippen LogP contribution in [-0.4, -0.2) is 44.0 Å². The molecule has 1 amide bonds. The Hall–Kier alpha value is -1.39. The maximum Gasteiger partial charge on any atom is 0.241 e. The van der Waals surface area contributed by atoms with Crippen molar-refractivity contribution in [1.82, 2.24) is 15.5 Å². The number of benzene rings is 1. The molecule has 1 aromatic rings. The monoisotopic (exact) mass is 289 g/mol. The average molecular weight is 289 g/mol. The van der Waals surface area contributed by atoms with Crippen LogP contribution in [0.15, 0.2) is 30.3 Å². The van der Waals surface area contributed by atoms with E-state index in [0.717, 1.165) is 31.7 Å². The van der Waals surface area contributed by atoms with E-state index < -0.39 is 0 Å². The Morgan fingerprint density at radius 2 is 2.19 bits per heavy atom. The van der Waals surface area contributed by atoms with E-state index in [1.54, 1.807) is 0 Å². The van der Waals surface area contributed by atoms with E-state index in [-0.39, 0.29) is 11.9 Å². The lowest BCUT2D eigenvalue weighted by molar-refractivity contribution is -0.126. The van der Waals surface area contributed by atoms with Gasteiger partial charge in [-0.1, -0.05) is 37.3 Å². The van der Waals surface area contributed by atoms with E-state index in [2.05, 4.69) is 22.5 Å². The van der Waals surface area contributed by atoms with Gasteiger partial charge in [0, 0.05) is 6.54 Å². The lowest BCUT2D eigenvalue weighted by atomic mass is 9.99. The minimum Gasteiger partial charge on any atom is -0.354 e. The second-order valence-corrected chi connectivity index (χ2v) is 5.84. The van der Waals surface area contributed by atoms with Gasteiger partial charge < -0.3 is 10.6 Å². The van der Waals surface area contributed by atoms with E-state index in [1.807, 2.05) is 37.4 Å². The summed E-state index contributed by atoms with van der Waals surface area (Å²) < 4.78 is 0. The first-order chi connectivity index (χ1) is 10.2. The fraction of sp³-hybridized carbons (Fsp3) is 0.588. The maximum atomic E-state index is 12.6. The highest BCUT2D eigenvalue weighted by atomic mass is 16.2. The number of nitrogens with one attached hydrogen (secondary N) is 2. The first-order valence-corrected chi connectivity index (χ1v) is 7.96. The third-order valence-corrected chi connectivity index (χ3v) is 4.27. The summed E-state index contributed by atoms with van der Waals surface area (Å²) in [5, 5.41) is 6.54. The molecule has 0 saturated carbocycles. The molecule has 1 aromatic carbocycles. The van der Waals surface area contributed by atoms with Gasteiger partial charge in [0.15, 0.2) is 0 Å². The predicted octanol–water partition coefficient (Wildman–Crippen LogP) is 1.80. The third-order valence-electron chi connectivity index (χ3n) is 4.27. The summed E-state index contributed by atoms with van der Waals surface area (Å²) in [4.78, 5) is 14.7. The second-order valence-electron chi connectivity index (χ2n) is 5.84. The minimum absolute atomic E-state index is 0.108. The number of carbonyl (C=O) groups excluding carboxylic acids is 1. The van der Waals surface area contributed by atoms with Crippen LogP contribution in [0.3, 0.4) is 0 Å². The van der Waals surface area contributed by atoms with Crippen LogP contribution in [0.4, 0.5) is 0 Å². The predicted molar refractivity (Wildman–Crippen MR) is 86.1 cm³/mol. The summed E-state index contributed by atoms with van der Waals surface area (Å²) in [6, 6.07) is 9.82. The largest absolute Gasteiger partial charge is 0.354 e. The van der Waals surface area contributed by atoms with Crippen LogP contribution in [-0.2, 0) is 4.79 Å². The van der Waals surface area contributed by atoms with Gasteiger partial charge >= 0.3 is 0 Å². The zero-order chi connectivity index (χ0) is 15.1. The molecule has 2 atom stereocenters. The standard InChI is InChI=1S/C17H27N3O/c1-3-20(2)16(15-9-5-4-6-10-15)17(21)19-13-14-8-7-11-18-12-14/h4-6,9-10,14,16,18H,3,7-8,11-13H2,1-2H3,(H,19,21). The van der Waals surface area contributed by atoms with Crippen molar-refractivity contribution in [1.29, 1.82) is 0 Å². The number of hydrogen-bond acceptors (Lipinski definition) is 3. The van der Waals surface area contributed by atoms with Gasteiger partial charge in [-0.15, -0.1) is 0 Å². The van der Waals surface area contributed by atoms with Crippen molar-refractivity contribution in [3.8, 4) is 0 Å². The topological polar surface area (TPSA) is 44.4 Å². The van der Waals surface area contributed by atoms with E-state index in [4.69, 9.17) is 0 Å². The molecule has 1 aliphatic heterocycles. The van der Waals surface area contributed by atoms with Crippen molar-refractivity contribution >= 4 is 5.91 Å². The molecule has 4 nitrogen and oxygen atoms in total. The zero-order valence-corrected chi connectivity index (χ0v) is 13.1. The molecular formula is C17H27N3O. The average Bonchev–Trinajstić information content (AvgIpc) is 2.55. The Labute approximate surface area is 127 Å². The van der Waals surface area contributed by atoms with Crippen LogP contribution < -0.4 is 10.6 Å². The van der Waals surface area contributed by atoms with Gasteiger partial charge in [-0.2, -0.15) is 0 Å².